The van der Waals surface area contributed by atoms with Gasteiger partial charge in [0.15, 0.2) is 5.71 Å². The largest absolute Gasteiger partial charge is 0.461 e. The predicted molar refractivity (Wildman–Crippen MR) is 83.7 cm³/mol. The van der Waals surface area contributed by atoms with Crippen molar-refractivity contribution in [1.29, 1.82) is 0 Å². The molecule has 0 N–H and O–H groups in total. The Balaban J connectivity index is 1.71. The van der Waals surface area contributed by atoms with Crippen molar-refractivity contribution in [3.8, 4) is 0 Å². The molecule has 0 aromatic heterocycles. The molecule has 2 amide bonds. The van der Waals surface area contributed by atoms with Crippen LogP contribution in [0.2, 0.25) is 0 Å². The van der Waals surface area contributed by atoms with Crippen LogP contribution < -0.4 is 0 Å². The third-order valence-corrected chi connectivity index (χ3v) is 4.03. The Morgan fingerprint density at radius 2 is 2.00 bits per heavy atom. The van der Waals surface area contributed by atoms with Gasteiger partial charge < -0.3 is 9.57 Å². The average molecular weight is 330 g/mol. The zero-order valence-corrected chi connectivity index (χ0v) is 13.3. The third-order valence-electron chi connectivity index (χ3n) is 4.03. The molecule has 0 saturated carbocycles. The zero-order chi connectivity index (χ0) is 17.1. The van der Waals surface area contributed by atoms with Crippen molar-refractivity contribution in [1.82, 2.24) is 4.90 Å². The molecule has 3 rings (SSSR count). The second-order valence-corrected chi connectivity index (χ2v) is 5.72. The molecule has 2 aliphatic heterocycles. The Morgan fingerprint density at radius 3 is 2.71 bits per heavy atom. The van der Waals surface area contributed by atoms with E-state index in [2.05, 4.69) is 5.16 Å². The van der Waals surface area contributed by atoms with Crippen molar-refractivity contribution in [2.24, 2.45) is 11.1 Å². The first kappa shape index (κ1) is 16.2. The Kier molecular flexibility index (Phi) is 4.59. The number of amides is 2. The number of hydrogen-bond donors (Lipinski definition) is 0. The summed E-state index contributed by atoms with van der Waals surface area (Å²) in [7, 11) is 0. The number of unbranched alkanes of at least 4 members (excludes halogenated alkanes) is 1. The smallest absolute Gasteiger partial charge is 0.357 e. The van der Waals surface area contributed by atoms with E-state index in [0.717, 1.165) is 23.3 Å². The highest BCUT2D eigenvalue weighted by molar-refractivity contribution is 6.43. The molecule has 126 valence electrons. The first-order valence-corrected chi connectivity index (χ1v) is 7.93. The quantitative estimate of drug-likeness (QED) is 0.445. The van der Waals surface area contributed by atoms with Crippen LogP contribution in [0.5, 0.6) is 0 Å². The van der Waals surface area contributed by atoms with E-state index in [1.807, 2.05) is 37.3 Å². The third kappa shape index (κ3) is 2.89. The van der Waals surface area contributed by atoms with Crippen LogP contribution >= 0.6 is 0 Å². The van der Waals surface area contributed by atoms with Gasteiger partial charge in [0.25, 0.3) is 5.91 Å². The Labute approximate surface area is 139 Å². The number of likely N-dealkylation sites (tertiary alicyclic amines) is 1. The summed E-state index contributed by atoms with van der Waals surface area (Å²) in [5.41, 5.74) is 0.702. The van der Waals surface area contributed by atoms with Gasteiger partial charge in [-0.1, -0.05) is 48.8 Å². The molecule has 7 heteroatoms. The fraction of sp³-hybridized carbons (Fsp3) is 0.412. The fourth-order valence-corrected chi connectivity index (χ4v) is 2.71. The molecular weight excluding hydrogens is 312 g/mol. The van der Waals surface area contributed by atoms with Gasteiger partial charge in [0, 0.05) is 0 Å². The highest BCUT2D eigenvalue weighted by Crippen LogP contribution is 2.31. The first-order chi connectivity index (χ1) is 11.6. The number of carbonyl (C=O) groups is 3. The number of nitrogens with zero attached hydrogens (tertiary/aromatic N) is 2. The molecule has 2 atom stereocenters. The maximum absolute atomic E-state index is 12.6. The summed E-state index contributed by atoms with van der Waals surface area (Å²) >= 11 is 0. The standard InChI is InChI=1S/C17H18N2O5/c1-2-3-9-23-17(22)13-12-14(24-18-13)16(21)19(15(12)20)10-11-7-5-4-6-8-11/h4-8,12,14H,2-3,9-10H2,1H3. The number of hydrogen-bond acceptors (Lipinski definition) is 6. The summed E-state index contributed by atoms with van der Waals surface area (Å²) in [6, 6.07) is 9.16. The lowest BCUT2D eigenvalue weighted by Crippen LogP contribution is -2.34. The topological polar surface area (TPSA) is 85.3 Å². The zero-order valence-electron chi connectivity index (χ0n) is 13.3. The summed E-state index contributed by atoms with van der Waals surface area (Å²) in [5, 5.41) is 3.61. The maximum atomic E-state index is 12.6. The van der Waals surface area contributed by atoms with Crippen molar-refractivity contribution in [2.75, 3.05) is 6.61 Å². The van der Waals surface area contributed by atoms with Gasteiger partial charge in [-0.25, -0.2) is 4.79 Å². The van der Waals surface area contributed by atoms with Gasteiger partial charge >= 0.3 is 5.97 Å². The number of rotatable bonds is 6. The van der Waals surface area contributed by atoms with Gasteiger partial charge in [-0.15, -0.1) is 0 Å². The first-order valence-electron chi connectivity index (χ1n) is 7.93. The molecule has 1 fully saturated rings. The summed E-state index contributed by atoms with van der Waals surface area (Å²) in [5.74, 6) is -2.65. The molecule has 1 aromatic rings. The summed E-state index contributed by atoms with van der Waals surface area (Å²) in [4.78, 5) is 43.2. The van der Waals surface area contributed by atoms with E-state index in [4.69, 9.17) is 9.57 Å². The van der Waals surface area contributed by atoms with Gasteiger partial charge in [-0.2, -0.15) is 0 Å². The molecule has 0 spiro atoms. The number of benzene rings is 1. The van der Waals surface area contributed by atoms with E-state index < -0.39 is 29.8 Å². The summed E-state index contributed by atoms with van der Waals surface area (Å²) in [6.07, 6.45) is 0.542. The maximum Gasteiger partial charge on any atom is 0.357 e. The molecule has 2 unspecified atom stereocenters. The molecule has 0 aliphatic carbocycles. The van der Waals surface area contributed by atoms with E-state index >= 15 is 0 Å². The van der Waals surface area contributed by atoms with Crippen molar-refractivity contribution in [2.45, 2.75) is 32.4 Å². The van der Waals surface area contributed by atoms with Crippen molar-refractivity contribution >= 4 is 23.5 Å². The van der Waals surface area contributed by atoms with E-state index in [0.29, 0.717) is 0 Å². The molecule has 1 aromatic carbocycles. The number of esters is 1. The minimum atomic E-state index is -1.06. The fourth-order valence-electron chi connectivity index (χ4n) is 2.71. The van der Waals surface area contributed by atoms with E-state index in [1.165, 1.54) is 0 Å². The van der Waals surface area contributed by atoms with Crippen molar-refractivity contribution in [3.05, 3.63) is 35.9 Å². The normalized spacial score (nSPS) is 22.2. The second kappa shape index (κ2) is 6.82. The van der Waals surface area contributed by atoms with Crippen molar-refractivity contribution in [3.63, 3.8) is 0 Å². The number of imide groups is 1. The average Bonchev–Trinajstić information content (AvgIpc) is 3.12. The highest BCUT2D eigenvalue weighted by Gasteiger charge is 2.57. The van der Waals surface area contributed by atoms with Crippen LogP contribution in [0.3, 0.4) is 0 Å². The summed E-state index contributed by atoms with van der Waals surface area (Å²) in [6.45, 7) is 2.37. The Bertz CT molecular complexity index is 685. The number of fused-ring (bicyclic) bond motifs is 1. The van der Waals surface area contributed by atoms with Crippen LogP contribution in [-0.2, 0) is 30.5 Å². The Morgan fingerprint density at radius 1 is 1.25 bits per heavy atom. The lowest BCUT2D eigenvalue weighted by atomic mass is 10.00. The molecule has 2 heterocycles. The predicted octanol–water partition coefficient (Wildman–Crippen LogP) is 1.27. The molecular formula is C17H18N2O5. The summed E-state index contributed by atoms with van der Waals surface area (Å²) < 4.78 is 5.08. The minimum Gasteiger partial charge on any atom is -0.461 e. The van der Waals surface area contributed by atoms with Crippen LogP contribution in [0.4, 0.5) is 0 Å². The van der Waals surface area contributed by atoms with E-state index in [-0.39, 0.29) is 18.9 Å². The molecule has 2 aliphatic rings. The monoisotopic (exact) mass is 330 g/mol. The lowest BCUT2D eigenvalue weighted by Gasteiger charge is -2.15. The molecule has 1 saturated heterocycles. The number of ether oxygens (including phenoxy) is 1. The van der Waals surface area contributed by atoms with Gasteiger partial charge in [0.2, 0.25) is 12.0 Å². The van der Waals surface area contributed by atoms with Crippen LogP contribution in [-0.4, -0.2) is 41.1 Å². The molecule has 24 heavy (non-hydrogen) atoms. The molecule has 7 nitrogen and oxygen atoms in total. The van der Waals surface area contributed by atoms with Crippen LogP contribution in [0.25, 0.3) is 0 Å². The SMILES string of the molecule is CCCCOC(=O)C1=NOC2C(=O)N(Cc3ccccc3)C(=O)C12. The highest BCUT2D eigenvalue weighted by atomic mass is 16.7. The van der Waals surface area contributed by atoms with Crippen LogP contribution in [0.15, 0.2) is 35.5 Å². The van der Waals surface area contributed by atoms with Crippen LogP contribution in [0, 0.1) is 5.92 Å². The van der Waals surface area contributed by atoms with Gasteiger partial charge in [-0.05, 0) is 12.0 Å². The minimum absolute atomic E-state index is 0.120. The second-order valence-electron chi connectivity index (χ2n) is 5.72. The molecule has 0 bridgehead atoms. The molecule has 0 radical (unpaired) electrons. The lowest BCUT2D eigenvalue weighted by molar-refractivity contribution is -0.143. The van der Waals surface area contributed by atoms with Gasteiger partial charge in [-0.3, -0.25) is 14.5 Å². The number of oxime groups is 1. The van der Waals surface area contributed by atoms with Gasteiger partial charge in [0.05, 0.1) is 13.2 Å². The van der Waals surface area contributed by atoms with E-state index in [1.54, 1.807) is 0 Å². The van der Waals surface area contributed by atoms with Crippen molar-refractivity contribution < 1.29 is 24.0 Å². The number of carbonyl (C=O) groups excluding carboxylic acids is 3. The van der Waals surface area contributed by atoms with Gasteiger partial charge in [0.1, 0.15) is 5.92 Å². The van der Waals surface area contributed by atoms with E-state index in [9.17, 15) is 14.4 Å². The Hall–Kier alpha value is -2.70. The van der Waals surface area contributed by atoms with Crippen LogP contribution in [0.1, 0.15) is 25.3 Å².